The van der Waals surface area contributed by atoms with E-state index in [-0.39, 0.29) is 5.91 Å². The summed E-state index contributed by atoms with van der Waals surface area (Å²) in [6, 6.07) is 7.75. The van der Waals surface area contributed by atoms with E-state index >= 15 is 0 Å². The molecule has 0 unspecified atom stereocenters. The lowest BCUT2D eigenvalue weighted by molar-refractivity contribution is 0.0779. The zero-order chi connectivity index (χ0) is 14.8. The van der Waals surface area contributed by atoms with Crippen molar-refractivity contribution < 1.29 is 4.79 Å². The number of carbonyl (C=O) groups excluding carboxylic acids is 1. The second-order valence-corrected chi connectivity index (χ2v) is 5.62. The number of nitrogens with zero attached hydrogens (tertiary/aromatic N) is 4. The van der Waals surface area contributed by atoms with Gasteiger partial charge in [0.2, 0.25) is 0 Å². The molecule has 0 radical (unpaired) electrons. The molecule has 7 heteroatoms. The number of nitrogens with one attached hydrogen (secondary N) is 1. The van der Waals surface area contributed by atoms with Crippen LogP contribution in [0.1, 0.15) is 22.1 Å². The summed E-state index contributed by atoms with van der Waals surface area (Å²) in [5.41, 5.74) is 1.39. The zero-order valence-corrected chi connectivity index (χ0v) is 12.4. The Morgan fingerprint density at radius 3 is 2.76 bits per heavy atom. The van der Waals surface area contributed by atoms with Gasteiger partial charge in [0.05, 0.1) is 12.2 Å². The number of rotatable bonds is 4. The van der Waals surface area contributed by atoms with Crippen LogP contribution in [0.5, 0.6) is 0 Å². The number of benzene rings is 1. The Balaban J connectivity index is 1.66. The van der Waals surface area contributed by atoms with Crippen molar-refractivity contribution in [3.8, 4) is 0 Å². The van der Waals surface area contributed by atoms with Crippen LogP contribution >= 0.6 is 11.6 Å². The third-order valence-electron chi connectivity index (χ3n) is 3.54. The summed E-state index contributed by atoms with van der Waals surface area (Å²) in [5, 5.41) is 11.8. The number of carbonyl (C=O) groups is 1. The highest BCUT2D eigenvalue weighted by Crippen LogP contribution is 2.13. The molecule has 0 spiro atoms. The minimum Gasteiger partial charge on any atom is -0.336 e. The van der Waals surface area contributed by atoms with Gasteiger partial charge >= 0.3 is 0 Å². The van der Waals surface area contributed by atoms with E-state index in [2.05, 4.69) is 15.6 Å². The van der Waals surface area contributed by atoms with Crippen LogP contribution in [0, 0.1) is 0 Å². The first-order valence-corrected chi connectivity index (χ1v) is 7.14. The summed E-state index contributed by atoms with van der Waals surface area (Å²) in [5.74, 6) is -0.136. The van der Waals surface area contributed by atoms with Gasteiger partial charge < -0.3 is 10.2 Å². The van der Waals surface area contributed by atoms with Crippen LogP contribution in [0.25, 0.3) is 0 Å². The largest absolute Gasteiger partial charge is 0.336 e. The van der Waals surface area contributed by atoms with E-state index < -0.39 is 0 Å². The van der Waals surface area contributed by atoms with Gasteiger partial charge in [-0.2, -0.15) is 0 Å². The lowest BCUT2D eigenvalue weighted by atomic mass is 10.2. The predicted molar refractivity (Wildman–Crippen MR) is 79.2 cm³/mol. The molecule has 21 heavy (non-hydrogen) atoms. The van der Waals surface area contributed by atoms with Gasteiger partial charge in [-0.3, -0.25) is 4.79 Å². The third-order valence-corrected chi connectivity index (χ3v) is 3.80. The van der Waals surface area contributed by atoms with E-state index in [0.29, 0.717) is 23.3 Å². The van der Waals surface area contributed by atoms with Gasteiger partial charge in [0.25, 0.3) is 5.91 Å². The number of hydrogen-bond donors (Lipinski definition) is 1. The van der Waals surface area contributed by atoms with Crippen molar-refractivity contribution in [3.05, 3.63) is 46.7 Å². The summed E-state index contributed by atoms with van der Waals surface area (Å²) in [6.07, 6.45) is 1.71. The van der Waals surface area contributed by atoms with Crippen LogP contribution in [0.4, 0.5) is 0 Å². The first-order chi connectivity index (χ1) is 10.1. The van der Waals surface area contributed by atoms with Crippen LogP contribution in [0.3, 0.4) is 0 Å². The minimum absolute atomic E-state index is 0.136. The number of aromatic nitrogens is 3. The van der Waals surface area contributed by atoms with E-state index in [4.69, 9.17) is 11.6 Å². The fourth-order valence-corrected chi connectivity index (χ4v) is 2.27. The van der Waals surface area contributed by atoms with E-state index in [1.165, 1.54) is 0 Å². The maximum atomic E-state index is 12.3. The Kier molecular flexibility index (Phi) is 3.90. The third kappa shape index (κ3) is 3.06. The maximum Gasteiger partial charge on any atom is 0.276 e. The monoisotopic (exact) mass is 305 g/mol. The average molecular weight is 306 g/mol. The lowest BCUT2D eigenvalue weighted by Gasteiger charge is -2.26. The number of amides is 1. The molecule has 2 aromatic rings. The zero-order valence-electron chi connectivity index (χ0n) is 11.7. The Morgan fingerprint density at radius 1 is 1.43 bits per heavy atom. The van der Waals surface area contributed by atoms with Crippen LogP contribution in [0.15, 0.2) is 30.5 Å². The molecule has 1 aromatic heterocycles. The van der Waals surface area contributed by atoms with Crippen LogP contribution < -0.4 is 5.32 Å². The van der Waals surface area contributed by atoms with E-state index in [9.17, 15) is 4.79 Å². The molecule has 0 saturated carbocycles. The highest BCUT2D eigenvalue weighted by atomic mass is 35.5. The van der Waals surface area contributed by atoms with Crippen molar-refractivity contribution in [1.29, 1.82) is 0 Å². The van der Waals surface area contributed by atoms with Gasteiger partial charge in [-0.15, -0.1) is 5.10 Å². The molecule has 1 aromatic carbocycles. The summed E-state index contributed by atoms with van der Waals surface area (Å²) < 4.78 is 1.75. The molecule has 0 atom stereocenters. The molecular weight excluding hydrogens is 290 g/mol. The Hall–Kier alpha value is -1.92. The second-order valence-electron chi connectivity index (χ2n) is 5.18. The molecule has 110 valence electrons. The fourth-order valence-electron chi connectivity index (χ4n) is 2.14. The molecule has 1 fully saturated rings. The normalized spacial score (nSPS) is 14.8. The van der Waals surface area contributed by atoms with Gasteiger partial charge in [0.1, 0.15) is 0 Å². The number of hydrogen-bond acceptors (Lipinski definition) is 4. The highest BCUT2D eigenvalue weighted by Gasteiger charge is 2.22. The van der Waals surface area contributed by atoms with Gasteiger partial charge in [-0.05, 0) is 17.7 Å². The molecular formula is C14H16ClN5O. The Bertz CT molecular complexity index is 635. The maximum absolute atomic E-state index is 12.3. The van der Waals surface area contributed by atoms with Crippen molar-refractivity contribution in [2.45, 2.75) is 12.6 Å². The summed E-state index contributed by atoms with van der Waals surface area (Å²) >= 11 is 5.85. The van der Waals surface area contributed by atoms with Gasteiger partial charge in [-0.1, -0.05) is 28.9 Å². The van der Waals surface area contributed by atoms with Crippen LogP contribution in [-0.2, 0) is 6.54 Å². The Morgan fingerprint density at radius 2 is 2.14 bits per heavy atom. The molecule has 1 aliphatic rings. The minimum atomic E-state index is -0.136. The fraction of sp³-hybridized carbons (Fsp3) is 0.357. The van der Waals surface area contributed by atoms with Crippen molar-refractivity contribution in [3.63, 3.8) is 0 Å². The quantitative estimate of drug-likeness (QED) is 0.926. The molecule has 6 nitrogen and oxygen atoms in total. The van der Waals surface area contributed by atoms with Gasteiger partial charge in [-0.25, -0.2) is 4.68 Å². The summed E-state index contributed by atoms with van der Waals surface area (Å²) in [6.45, 7) is 2.25. The highest BCUT2D eigenvalue weighted by molar-refractivity contribution is 6.30. The van der Waals surface area contributed by atoms with E-state index in [1.807, 2.05) is 24.3 Å². The first kappa shape index (κ1) is 14.0. The SMILES string of the molecule is CN(Cc1ccc(Cl)cc1)C(=O)c1cn(C2CNC2)nn1. The standard InChI is InChI=1S/C14H16ClN5O/c1-19(8-10-2-4-11(15)5-3-10)14(21)13-9-20(18-17-13)12-6-16-7-12/h2-5,9,12,16H,6-8H2,1H3. The molecule has 0 aliphatic carbocycles. The molecule has 1 saturated heterocycles. The van der Waals surface area contributed by atoms with Crippen LogP contribution in [-0.4, -0.2) is 45.9 Å². The average Bonchev–Trinajstić information content (AvgIpc) is 2.87. The van der Waals surface area contributed by atoms with Gasteiger partial charge in [0, 0.05) is 31.7 Å². The molecule has 2 heterocycles. The molecule has 1 amide bonds. The second kappa shape index (κ2) is 5.83. The Labute approximate surface area is 127 Å². The first-order valence-electron chi connectivity index (χ1n) is 6.76. The van der Waals surface area contributed by atoms with Crippen molar-refractivity contribution in [2.24, 2.45) is 0 Å². The van der Waals surface area contributed by atoms with Crippen molar-refractivity contribution in [2.75, 3.05) is 20.1 Å². The van der Waals surface area contributed by atoms with Crippen molar-refractivity contribution >= 4 is 17.5 Å². The molecule has 1 N–H and O–H groups in total. The van der Waals surface area contributed by atoms with Crippen molar-refractivity contribution in [1.82, 2.24) is 25.2 Å². The summed E-state index contributed by atoms with van der Waals surface area (Å²) in [4.78, 5) is 13.9. The topological polar surface area (TPSA) is 63.1 Å². The summed E-state index contributed by atoms with van der Waals surface area (Å²) in [7, 11) is 1.75. The number of halogens is 1. The van der Waals surface area contributed by atoms with E-state index in [0.717, 1.165) is 18.7 Å². The molecule has 0 bridgehead atoms. The lowest BCUT2D eigenvalue weighted by Crippen LogP contribution is -2.43. The smallest absolute Gasteiger partial charge is 0.276 e. The van der Waals surface area contributed by atoms with E-state index in [1.54, 1.807) is 22.8 Å². The predicted octanol–water partition coefficient (Wildman–Crippen LogP) is 1.35. The molecule has 1 aliphatic heterocycles. The van der Waals surface area contributed by atoms with Crippen LogP contribution in [0.2, 0.25) is 5.02 Å². The molecule has 3 rings (SSSR count). The van der Waals surface area contributed by atoms with Gasteiger partial charge in [0.15, 0.2) is 5.69 Å².